The Hall–Kier alpha value is -2.92. The summed E-state index contributed by atoms with van der Waals surface area (Å²) in [6.07, 6.45) is 1.00. The van der Waals surface area contributed by atoms with Crippen LogP contribution in [0.4, 0.5) is 14.5 Å². The minimum absolute atomic E-state index is 0.00171. The Bertz CT molecular complexity index is 1520. The van der Waals surface area contributed by atoms with Crippen LogP contribution in [0.15, 0.2) is 65.7 Å². The first kappa shape index (κ1) is 27.6. The largest absolute Gasteiger partial charge is 0.386 e. The number of carbonyl (C=O) groups excluding carboxylic acids is 1. The van der Waals surface area contributed by atoms with Crippen molar-refractivity contribution in [2.75, 3.05) is 5.32 Å². The van der Waals surface area contributed by atoms with E-state index in [1.54, 1.807) is 18.2 Å². The van der Waals surface area contributed by atoms with Crippen molar-refractivity contribution in [2.45, 2.75) is 48.0 Å². The molecule has 0 spiro atoms. The smallest absolute Gasteiger partial charge is 0.255 e. The molecular formula is C28H27ClF2N2O5S. The van der Waals surface area contributed by atoms with Crippen LogP contribution < -0.4 is 5.32 Å². The quantitative estimate of drug-likeness (QED) is 0.383. The number of nitrogens with zero attached hydrogens (tertiary/aromatic N) is 1. The normalized spacial score (nSPS) is 27.2. The molecule has 39 heavy (non-hydrogen) atoms. The second-order valence-corrected chi connectivity index (χ2v) is 13.0. The number of fused-ring (bicyclic) bond motifs is 2. The molecule has 206 valence electrons. The summed E-state index contributed by atoms with van der Waals surface area (Å²) in [4.78, 5) is 16.8. The molecule has 0 aliphatic heterocycles. The molecule has 3 N–H and O–H groups in total. The second-order valence-electron chi connectivity index (χ2n) is 10.4. The van der Waals surface area contributed by atoms with E-state index in [1.165, 1.54) is 30.5 Å². The van der Waals surface area contributed by atoms with Crippen LogP contribution in [-0.4, -0.2) is 40.4 Å². The van der Waals surface area contributed by atoms with Crippen molar-refractivity contribution in [2.24, 2.45) is 17.8 Å². The van der Waals surface area contributed by atoms with Crippen molar-refractivity contribution in [3.8, 4) is 0 Å². The fraction of sp³-hybridized carbons (Fsp3) is 0.357. The van der Waals surface area contributed by atoms with Crippen LogP contribution in [0.2, 0.25) is 5.02 Å². The predicted octanol–water partition coefficient (Wildman–Crippen LogP) is 4.94. The standard InChI is InChI=1S/C28H27ClF2N2O5S/c1-15-10-17-12-19(14-20(15)28(17,36)26(34)24-4-2-3-9-32-24)39(37,38)25-11-16(5-7-21(25)29)27(35)33-18-6-8-22(30)23(31)13-18/h2-9,11,13,15,17,19-20,26,34,36H,10,12,14H2,1H3,(H,33,35)/t15-,17?,19+,20?,26+,28+/m0/s1. The molecule has 7 nitrogen and oxygen atoms in total. The number of aromatic nitrogens is 1. The highest BCUT2D eigenvalue weighted by Gasteiger charge is 2.62. The number of sulfone groups is 1. The van der Waals surface area contributed by atoms with Crippen molar-refractivity contribution in [3.05, 3.63) is 88.7 Å². The lowest BCUT2D eigenvalue weighted by Gasteiger charge is -2.45. The van der Waals surface area contributed by atoms with Gasteiger partial charge in [-0.2, -0.15) is 0 Å². The highest BCUT2D eigenvalue weighted by molar-refractivity contribution is 7.92. The topological polar surface area (TPSA) is 117 Å². The zero-order valence-electron chi connectivity index (χ0n) is 20.9. The van der Waals surface area contributed by atoms with Crippen LogP contribution >= 0.6 is 11.6 Å². The van der Waals surface area contributed by atoms with Gasteiger partial charge < -0.3 is 15.5 Å². The van der Waals surface area contributed by atoms with Gasteiger partial charge in [0.2, 0.25) is 0 Å². The van der Waals surface area contributed by atoms with Gasteiger partial charge in [-0.3, -0.25) is 9.78 Å². The van der Waals surface area contributed by atoms with Gasteiger partial charge in [0.15, 0.2) is 21.5 Å². The first-order valence-corrected chi connectivity index (χ1v) is 14.5. The number of benzene rings is 2. The Morgan fingerprint density at radius 1 is 1.10 bits per heavy atom. The Morgan fingerprint density at radius 3 is 2.54 bits per heavy atom. The van der Waals surface area contributed by atoms with Gasteiger partial charge in [0, 0.05) is 23.5 Å². The minimum atomic E-state index is -4.05. The highest BCUT2D eigenvalue weighted by atomic mass is 35.5. The molecule has 0 saturated heterocycles. The van der Waals surface area contributed by atoms with Crippen molar-refractivity contribution >= 4 is 33.0 Å². The van der Waals surface area contributed by atoms with Crippen molar-refractivity contribution in [1.82, 2.24) is 4.98 Å². The first-order chi connectivity index (χ1) is 18.4. The lowest BCUT2D eigenvalue weighted by molar-refractivity contribution is -0.149. The van der Waals surface area contributed by atoms with E-state index < -0.39 is 56.2 Å². The second kappa shape index (κ2) is 10.2. The zero-order chi connectivity index (χ0) is 28.1. The van der Waals surface area contributed by atoms with Crippen LogP contribution in [-0.2, 0) is 9.84 Å². The molecule has 6 atom stereocenters. The molecule has 2 bridgehead atoms. The van der Waals surface area contributed by atoms with Crippen LogP contribution in [0.5, 0.6) is 0 Å². The lowest BCUT2D eigenvalue weighted by Crippen LogP contribution is -2.52. The molecule has 2 unspecified atom stereocenters. The SMILES string of the molecule is C[C@H]1CC2C[C@@H](S(=O)(=O)c3cc(C(=O)Nc4ccc(F)c(F)c4)ccc3Cl)CC1[C@@]2(O)[C@H](O)c1ccccn1. The van der Waals surface area contributed by atoms with Crippen LogP contribution in [0.25, 0.3) is 0 Å². The van der Waals surface area contributed by atoms with Gasteiger partial charge in [0.05, 0.1) is 20.9 Å². The zero-order valence-corrected chi connectivity index (χ0v) is 22.5. The van der Waals surface area contributed by atoms with Gasteiger partial charge in [-0.1, -0.05) is 24.6 Å². The Labute approximate surface area is 229 Å². The number of carbonyl (C=O) groups is 1. The van der Waals surface area contributed by atoms with Gasteiger partial charge >= 0.3 is 0 Å². The fourth-order valence-electron chi connectivity index (χ4n) is 6.24. The summed E-state index contributed by atoms with van der Waals surface area (Å²) < 4.78 is 54.4. The molecule has 1 aromatic heterocycles. The average Bonchev–Trinajstić information content (AvgIpc) is 3.03. The lowest BCUT2D eigenvalue weighted by atomic mass is 9.69. The number of pyridine rings is 1. The summed E-state index contributed by atoms with van der Waals surface area (Å²) >= 11 is 6.31. The molecule has 11 heteroatoms. The monoisotopic (exact) mass is 576 g/mol. The molecule has 2 aromatic carbocycles. The predicted molar refractivity (Wildman–Crippen MR) is 141 cm³/mol. The summed E-state index contributed by atoms with van der Waals surface area (Å²) in [5.41, 5.74) is -1.23. The van der Waals surface area contributed by atoms with E-state index in [1.807, 2.05) is 6.92 Å². The Morgan fingerprint density at radius 2 is 1.87 bits per heavy atom. The average molecular weight is 577 g/mol. The summed E-state index contributed by atoms with van der Waals surface area (Å²) in [5.74, 6) is -3.97. The van der Waals surface area contributed by atoms with E-state index in [-0.39, 0.29) is 39.9 Å². The molecular weight excluding hydrogens is 550 g/mol. The number of rotatable bonds is 6. The maximum Gasteiger partial charge on any atom is 0.255 e. The fourth-order valence-corrected chi connectivity index (χ4v) is 8.61. The summed E-state index contributed by atoms with van der Waals surface area (Å²) in [5, 5.41) is 24.4. The van der Waals surface area contributed by atoms with Crippen molar-refractivity contribution in [3.63, 3.8) is 0 Å². The van der Waals surface area contributed by atoms with Gasteiger partial charge in [-0.15, -0.1) is 0 Å². The van der Waals surface area contributed by atoms with Crippen LogP contribution in [0.1, 0.15) is 48.3 Å². The van der Waals surface area contributed by atoms with E-state index in [4.69, 9.17) is 11.6 Å². The first-order valence-electron chi connectivity index (χ1n) is 12.5. The van der Waals surface area contributed by atoms with Gasteiger partial charge in [-0.05, 0) is 79.5 Å². The number of aliphatic hydroxyl groups is 2. The van der Waals surface area contributed by atoms with E-state index in [2.05, 4.69) is 10.3 Å². The molecule has 2 aliphatic carbocycles. The number of hydrogen-bond acceptors (Lipinski definition) is 6. The molecule has 2 saturated carbocycles. The molecule has 0 radical (unpaired) electrons. The molecule has 1 amide bonds. The summed E-state index contributed by atoms with van der Waals surface area (Å²) in [6, 6.07) is 11.7. The van der Waals surface area contributed by atoms with E-state index in [0.717, 1.165) is 12.1 Å². The summed E-state index contributed by atoms with van der Waals surface area (Å²) in [7, 11) is -4.05. The molecule has 3 aromatic rings. The number of anilines is 1. The maximum atomic E-state index is 13.8. The van der Waals surface area contributed by atoms with Crippen LogP contribution in [0.3, 0.4) is 0 Å². The van der Waals surface area contributed by atoms with Gasteiger partial charge in [-0.25, -0.2) is 17.2 Å². The Balaban J connectivity index is 1.41. The third-order valence-corrected chi connectivity index (χ3v) is 10.8. The van der Waals surface area contributed by atoms with E-state index >= 15 is 0 Å². The minimum Gasteiger partial charge on any atom is -0.386 e. The van der Waals surface area contributed by atoms with Crippen molar-refractivity contribution < 1.29 is 32.2 Å². The number of nitrogens with one attached hydrogen (secondary N) is 1. The molecule has 2 aliphatic rings. The van der Waals surface area contributed by atoms with Gasteiger partial charge in [0.1, 0.15) is 11.7 Å². The Kier molecular flexibility index (Phi) is 7.26. The maximum absolute atomic E-state index is 13.8. The summed E-state index contributed by atoms with van der Waals surface area (Å²) in [6.45, 7) is 1.94. The number of halogens is 3. The molecule has 2 fully saturated rings. The molecule has 1 heterocycles. The third-order valence-electron chi connectivity index (χ3n) is 8.18. The number of aliphatic hydroxyl groups excluding tert-OH is 1. The highest BCUT2D eigenvalue weighted by Crippen LogP contribution is 2.58. The van der Waals surface area contributed by atoms with Crippen molar-refractivity contribution in [1.29, 1.82) is 0 Å². The van der Waals surface area contributed by atoms with E-state index in [9.17, 15) is 32.2 Å². The van der Waals surface area contributed by atoms with Crippen LogP contribution in [0, 0.1) is 29.4 Å². The van der Waals surface area contributed by atoms with E-state index in [0.29, 0.717) is 12.1 Å². The molecule has 5 rings (SSSR count). The third kappa shape index (κ3) is 4.84. The number of amides is 1. The number of hydrogen-bond donors (Lipinski definition) is 3. The van der Waals surface area contributed by atoms with Gasteiger partial charge in [0.25, 0.3) is 5.91 Å².